The van der Waals surface area contributed by atoms with Gasteiger partial charge < -0.3 is 0 Å². The van der Waals surface area contributed by atoms with E-state index in [4.69, 9.17) is 0 Å². The van der Waals surface area contributed by atoms with E-state index in [1.54, 1.807) is 19.3 Å². The van der Waals surface area contributed by atoms with Gasteiger partial charge in [0, 0.05) is 30.7 Å². The third-order valence-corrected chi connectivity index (χ3v) is 1.51. The Morgan fingerprint density at radius 2 is 2.17 bits per heavy atom. The fourth-order valence-corrected chi connectivity index (χ4v) is 0.851. The molecule has 12 heavy (non-hydrogen) atoms. The van der Waals surface area contributed by atoms with Crippen LogP contribution in [-0.2, 0) is 6.42 Å². The van der Waals surface area contributed by atoms with Crippen molar-refractivity contribution in [2.75, 3.05) is 0 Å². The van der Waals surface area contributed by atoms with Gasteiger partial charge in [0.2, 0.25) is 6.04 Å². The maximum Gasteiger partial charge on any atom is 0.214 e. The molecular formula is C7H9N3O2. The molecule has 0 spiro atoms. The van der Waals surface area contributed by atoms with Gasteiger partial charge in [-0.15, -0.1) is 0 Å². The molecule has 5 nitrogen and oxygen atoms in total. The van der Waals surface area contributed by atoms with Crippen LogP contribution in [0.5, 0.6) is 0 Å². The van der Waals surface area contributed by atoms with Gasteiger partial charge in [-0.25, -0.2) is 9.97 Å². The predicted molar refractivity (Wildman–Crippen MR) is 42.2 cm³/mol. The van der Waals surface area contributed by atoms with Gasteiger partial charge in [0.05, 0.1) is 0 Å². The number of nitro groups is 1. The van der Waals surface area contributed by atoms with Crippen LogP contribution >= 0.6 is 0 Å². The fourth-order valence-electron chi connectivity index (χ4n) is 0.851. The number of hydrogen-bond acceptors (Lipinski definition) is 4. The number of rotatable bonds is 3. The fraction of sp³-hybridized carbons (Fsp3) is 0.429. The second-order valence-electron chi connectivity index (χ2n) is 2.59. The highest BCUT2D eigenvalue weighted by atomic mass is 16.6. The Labute approximate surface area is 69.6 Å². The van der Waals surface area contributed by atoms with Gasteiger partial charge >= 0.3 is 0 Å². The van der Waals surface area contributed by atoms with Gasteiger partial charge in [-0.05, 0) is 5.56 Å². The molecule has 0 fully saturated rings. The lowest BCUT2D eigenvalue weighted by atomic mass is 10.1. The molecule has 1 rings (SSSR count). The summed E-state index contributed by atoms with van der Waals surface area (Å²) in [6.07, 6.45) is 4.97. The van der Waals surface area contributed by atoms with E-state index in [0.29, 0.717) is 6.42 Å². The third kappa shape index (κ3) is 2.26. The minimum absolute atomic E-state index is 0.312. The Morgan fingerprint density at radius 1 is 1.58 bits per heavy atom. The molecule has 0 saturated carbocycles. The number of hydrogen-bond donors (Lipinski definition) is 0. The molecule has 1 aromatic rings. The maximum atomic E-state index is 10.3. The van der Waals surface area contributed by atoms with Crippen molar-refractivity contribution in [1.82, 2.24) is 9.97 Å². The lowest BCUT2D eigenvalue weighted by molar-refractivity contribution is -0.517. The molecule has 1 unspecified atom stereocenters. The largest absolute Gasteiger partial charge is 0.264 e. The van der Waals surface area contributed by atoms with E-state index in [9.17, 15) is 10.1 Å². The summed E-state index contributed by atoms with van der Waals surface area (Å²) in [5.74, 6) is 0. The van der Waals surface area contributed by atoms with E-state index in [2.05, 4.69) is 9.97 Å². The van der Waals surface area contributed by atoms with Crippen molar-refractivity contribution >= 4 is 0 Å². The highest BCUT2D eigenvalue weighted by Gasteiger charge is 2.13. The smallest absolute Gasteiger partial charge is 0.214 e. The quantitative estimate of drug-likeness (QED) is 0.490. The molecule has 1 aromatic heterocycles. The van der Waals surface area contributed by atoms with Crippen molar-refractivity contribution in [3.63, 3.8) is 0 Å². The van der Waals surface area contributed by atoms with Crippen LogP contribution in [0.2, 0.25) is 0 Å². The van der Waals surface area contributed by atoms with E-state index < -0.39 is 6.04 Å². The van der Waals surface area contributed by atoms with E-state index in [0.717, 1.165) is 5.56 Å². The summed E-state index contributed by atoms with van der Waals surface area (Å²) < 4.78 is 0. The first-order chi connectivity index (χ1) is 5.70. The van der Waals surface area contributed by atoms with Crippen LogP contribution in [-0.4, -0.2) is 20.9 Å². The van der Waals surface area contributed by atoms with Gasteiger partial charge in [-0.2, -0.15) is 0 Å². The topological polar surface area (TPSA) is 68.9 Å². The lowest BCUT2D eigenvalue weighted by Crippen LogP contribution is -2.17. The Kier molecular flexibility index (Phi) is 2.68. The van der Waals surface area contributed by atoms with Crippen molar-refractivity contribution in [2.24, 2.45) is 0 Å². The molecule has 0 aliphatic heterocycles. The van der Waals surface area contributed by atoms with Crippen LogP contribution < -0.4 is 0 Å². The molecule has 0 N–H and O–H groups in total. The van der Waals surface area contributed by atoms with E-state index >= 15 is 0 Å². The molecule has 0 radical (unpaired) electrons. The first kappa shape index (κ1) is 8.58. The summed E-state index contributed by atoms with van der Waals surface area (Å²) in [6, 6.07) is -0.573. The monoisotopic (exact) mass is 167 g/mol. The second-order valence-corrected chi connectivity index (χ2v) is 2.59. The molecule has 0 aliphatic carbocycles. The standard InChI is InChI=1S/C7H9N3O2/c1-6(10(11)12)2-7-3-8-5-9-4-7/h3-6H,2H2,1H3. The highest BCUT2D eigenvalue weighted by Crippen LogP contribution is 2.01. The first-order valence-electron chi connectivity index (χ1n) is 3.57. The zero-order chi connectivity index (χ0) is 8.97. The van der Waals surface area contributed by atoms with Crippen LogP contribution in [0.4, 0.5) is 0 Å². The van der Waals surface area contributed by atoms with Crippen LogP contribution in [0.3, 0.4) is 0 Å². The Bertz CT molecular complexity index is 263. The van der Waals surface area contributed by atoms with Crippen molar-refractivity contribution in [2.45, 2.75) is 19.4 Å². The summed E-state index contributed by atoms with van der Waals surface area (Å²) in [4.78, 5) is 17.5. The van der Waals surface area contributed by atoms with Gasteiger partial charge in [0.25, 0.3) is 0 Å². The zero-order valence-corrected chi connectivity index (χ0v) is 6.67. The predicted octanol–water partition coefficient (Wildman–Crippen LogP) is 0.684. The maximum absolute atomic E-state index is 10.3. The summed E-state index contributed by atoms with van der Waals surface area (Å²) in [5, 5.41) is 10.3. The van der Waals surface area contributed by atoms with E-state index in [-0.39, 0.29) is 4.92 Å². The minimum Gasteiger partial charge on any atom is -0.264 e. The average Bonchev–Trinajstić information content (AvgIpc) is 2.06. The normalized spacial score (nSPS) is 12.4. The van der Waals surface area contributed by atoms with Gasteiger partial charge in [-0.1, -0.05) is 0 Å². The highest BCUT2D eigenvalue weighted by molar-refractivity contribution is 5.03. The summed E-state index contributed by atoms with van der Waals surface area (Å²) in [5.41, 5.74) is 0.793. The van der Waals surface area contributed by atoms with Gasteiger partial charge in [-0.3, -0.25) is 10.1 Å². The van der Waals surface area contributed by atoms with E-state index in [1.165, 1.54) is 6.33 Å². The Balaban J connectivity index is 2.58. The van der Waals surface area contributed by atoms with Gasteiger partial charge in [0.15, 0.2) is 0 Å². The van der Waals surface area contributed by atoms with Crippen LogP contribution in [0.1, 0.15) is 12.5 Å². The molecule has 5 heteroatoms. The molecule has 1 atom stereocenters. The summed E-state index contributed by atoms with van der Waals surface area (Å²) in [7, 11) is 0. The molecule has 0 aromatic carbocycles. The van der Waals surface area contributed by atoms with Crippen molar-refractivity contribution in [3.05, 3.63) is 34.4 Å². The molecule has 0 aliphatic rings. The van der Waals surface area contributed by atoms with Crippen LogP contribution in [0.25, 0.3) is 0 Å². The first-order valence-corrected chi connectivity index (χ1v) is 3.57. The van der Waals surface area contributed by atoms with Crippen molar-refractivity contribution in [1.29, 1.82) is 0 Å². The van der Waals surface area contributed by atoms with Crippen molar-refractivity contribution in [3.8, 4) is 0 Å². The summed E-state index contributed by atoms with van der Waals surface area (Å²) >= 11 is 0. The second kappa shape index (κ2) is 3.75. The third-order valence-electron chi connectivity index (χ3n) is 1.51. The van der Waals surface area contributed by atoms with Crippen molar-refractivity contribution < 1.29 is 4.92 Å². The molecule has 0 bridgehead atoms. The minimum atomic E-state index is -0.573. The van der Waals surface area contributed by atoms with Crippen LogP contribution in [0.15, 0.2) is 18.7 Å². The molecular weight excluding hydrogens is 158 g/mol. The molecule has 1 heterocycles. The van der Waals surface area contributed by atoms with Crippen LogP contribution in [0, 0.1) is 10.1 Å². The lowest BCUT2D eigenvalue weighted by Gasteiger charge is -2.01. The Morgan fingerprint density at radius 3 is 2.67 bits per heavy atom. The Hall–Kier alpha value is -1.52. The SMILES string of the molecule is CC(Cc1cncnc1)[N+](=O)[O-]. The number of aromatic nitrogens is 2. The zero-order valence-electron chi connectivity index (χ0n) is 6.67. The summed E-state index contributed by atoms with van der Waals surface area (Å²) in [6.45, 7) is 1.56. The van der Waals surface area contributed by atoms with E-state index in [1.807, 2.05) is 0 Å². The molecule has 0 amide bonds. The number of nitrogens with zero attached hydrogens (tertiary/aromatic N) is 3. The average molecular weight is 167 g/mol. The van der Waals surface area contributed by atoms with Gasteiger partial charge in [0.1, 0.15) is 6.33 Å². The molecule has 64 valence electrons. The molecule has 0 saturated heterocycles.